The summed E-state index contributed by atoms with van der Waals surface area (Å²) in [4.78, 5) is 18.3. The predicted molar refractivity (Wildman–Crippen MR) is 107 cm³/mol. The molecule has 0 saturated carbocycles. The minimum absolute atomic E-state index is 0.0938. The number of aromatic nitrogens is 1. The van der Waals surface area contributed by atoms with Crippen molar-refractivity contribution in [2.75, 3.05) is 16.8 Å². The molecule has 1 N–H and O–H groups in total. The number of fused-ring (bicyclic) bond motifs is 1. The average Bonchev–Trinajstić information content (AvgIpc) is 3.11. The maximum absolute atomic E-state index is 12.9. The zero-order chi connectivity index (χ0) is 21.3. The third-order valence-corrected chi connectivity index (χ3v) is 4.74. The minimum Gasteiger partial charge on any atom is -0.457 e. The first-order valence-electron chi connectivity index (χ1n) is 9.29. The van der Waals surface area contributed by atoms with Crippen molar-refractivity contribution in [2.24, 2.45) is 0 Å². The maximum Gasteiger partial charge on any atom is 0.416 e. The summed E-state index contributed by atoms with van der Waals surface area (Å²) in [7, 11) is 0. The minimum atomic E-state index is -4.47. The van der Waals surface area contributed by atoms with Gasteiger partial charge in [-0.05, 0) is 61.4 Å². The van der Waals surface area contributed by atoms with Gasteiger partial charge in [0, 0.05) is 35.9 Å². The van der Waals surface area contributed by atoms with E-state index in [0.29, 0.717) is 30.2 Å². The molecule has 8 heteroatoms. The number of nitrogens with one attached hydrogen (secondary N) is 1. The van der Waals surface area contributed by atoms with Gasteiger partial charge in [-0.3, -0.25) is 9.88 Å². The Morgan fingerprint density at radius 1 is 1.10 bits per heavy atom. The van der Waals surface area contributed by atoms with E-state index in [0.717, 1.165) is 23.4 Å². The quantitative estimate of drug-likeness (QED) is 0.591. The predicted octanol–water partition coefficient (Wildman–Crippen LogP) is 5.80. The molecular formula is C22H18F3N3O2. The van der Waals surface area contributed by atoms with Crippen molar-refractivity contribution in [3.05, 3.63) is 77.6 Å². The molecule has 0 fully saturated rings. The number of pyridine rings is 1. The number of ether oxygens (including phenoxy) is 1. The first-order chi connectivity index (χ1) is 14.3. The zero-order valence-electron chi connectivity index (χ0n) is 16.0. The van der Waals surface area contributed by atoms with Crippen molar-refractivity contribution in [1.29, 1.82) is 0 Å². The Balaban J connectivity index is 1.49. The van der Waals surface area contributed by atoms with Crippen molar-refractivity contribution in [3.63, 3.8) is 0 Å². The second kappa shape index (κ2) is 7.70. The fraction of sp³-hybridized carbons (Fsp3) is 0.182. The third kappa shape index (κ3) is 4.22. The molecule has 0 radical (unpaired) electrons. The summed E-state index contributed by atoms with van der Waals surface area (Å²) < 4.78 is 44.5. The molecule has 0 unspecified atom stereocenters. The number of halogens is 3. The van der Waals surface area contributed by atoms with Crippen molar-refractivity contribution < 1.29 is 22.7 Å². The Morgan fingerprint density at radius 3 is 2.67 bits per heavy atom. The topological polar surface area (TPSA) is 54.5 Å². The van der Waals surface area contributed by atoms with Gasteiger partial charge in [0.25, 0.3) is 0 Å². The Labute approximate surface area is 171 Å². The highest BCUT2D eigenvalue weighted by molar-refractivity contribution is 6.03. The van der Waals surface area contributed by atoms with E-state index in [1.165, 1.54) is 17.0 Å². The lowest BCUT2D eigenvalue weighted by atomic mass is 10.1. The summed E-state index contributed by atoms with van der Waals surface area (Å²) in [6.45, 7) is 2.30. The van der Waals surface area contributed by atoms with Crippen LogP contribution in [0.15, 0.2) is 60.8 Å². The molecule has 2 aromatic carbocycles. The number of urea groups is 1. The van der Waals surface area contributed by atoms with E-state index >= 15 is 0 Å². The van der Waals surface area contributed by atoms with Crippen LogP contribution in [0.1, 0.15) is 16.8 Å². The Bertz CT molecular complexity index is 1100. The van der Waals surface area contributed by atoms with Gasteiger partial charge in [-0.2, -0.15) is 13.2 Å². The average molecular weight is 413 g/mol. The number of aryl methyl sites for hydroxylation is 1. The first-order valence-corrected chi connectivity index (χ1v) is 9.29. The number of alkyl halides is 3. The van der Waals surface area contributed by atoms with Gasteiger partial charge in [0.05, 0.1) is 5.56 Å². The third-order valence-electron chi connectivity index (χ3n) is 4.74. The van der Waals surface area contributed by atoms with Crippen molar-refractivity contribution in [1.82, 2.24) is 4.98 Å². The van der Waals surface area contributed by atoms with E-state index in [-0.39, 0.29) is 5.69 Å². The van der Waals surface area contributed by atoms with Crippen LogP contribution in [-0.4, -0.2) is 17.6 Å². The number of hydrogen-bond acceptors (Lipinski definition) is 3. The molecule has 0 saturated heterocycles. The van der Waals surface area contributed by atoms with Gasteiger partial charge in [-0.15, -0.1) is 0 Å². The van der Waals surface area contributed by atoms with Crippen LogP contribution < -0.4 is 15.0 Å². The molecule has 5 nitrogen and oxygen atoms in total. The number of amides is 2. The monoisotopic (exact) mass is 413 g/mol. The van der Waals surface area contributed by atoms with E-state index in [9.17, 15) is 18.0 Å². The Hall–Kier alpha value is -3.55. The second-order valence-corrected chi connectivity index (χ2v) is 6.94. The molecule has 2 amide bonds. The van der Waals surface area contributed by atoms with Crippen molar-refractivity contribution in [2.45, 2.75) is 19.5 Å². The van der Waals surface area contributed by atoms with Gasteiger partial charge in [0.2, 0.25) is 0 Å². The molecule has 0 aliphatic carbocycles. The zero-order valence-corrected chi connectivity index (χ0v) is 16.0. The lowest BCUT2D eigenvalue weighted by Gasteiger charge is -2.19. The lowest BCUT2D eigenvalue weighted by Crippen LogP contribution is -2.33. The van der Waals surface area contributed by atoms with Gasteiger partial charge >= 0.3 is 12.2 Å². The van der Waals surface area contributed by atoms with Crippen LogP contribution >= 0.6 is 0 Å². The summed E-state index contributed by atoms with van der Waals surface area (Å²) in [6, 6.07) is 13.1. The largest absolute Gasteiger partial charge is 0.457 e. The molecule has 30 heavy (non-hydrogen) atoms. The van der Waals surface area contributed by atoms with Gasteiger partial charge in [-0.25, -0.2) is 4.79 Å². The number of nitrogens with zero attached hydrogens (tertiary/aromatic N) is 2. The number of rotatable bonds is 3. The molecule has 0 atom stereocenters. The number of benzene rings is 2. The second-order valence-electron chi connectivity index (χ2n) is 6.94. The molecule has 1 aliphatic heterocycles. The van der Waals surface area contributed by atoms with E-state index < -0.39 is 17.8 Å². The van der Waals surface area contributed by atoms with Gasteiger partial charge in [0.1, 0.15) is 11.5 Å². The van der Waals surface area contributed by atoms with Gasteiger partial charge in [0.15, 0.2) is 0 Å². The molecule has 2 heterocycles. The molecule has 1 aromatic heterocycles. The molecule has 3 aromatic rings. The fourth-order valence-electron chi connectivity index (χ4n) is 3.34. The smallest absolute Gasteiger partial charge is 0.416 e. The SMILES string of the molecule is Cc1cc(Oc2ccc3c(c2)CCN3C(=O)Nc2cccc(C(F)(F)F)c2)ccn1. The molecule has 154 valence electrons. The summed E-state index contributed by atoms with van der Waals surface area (Å²) in [6.07, 6.45) is -2.18. The standard InChI is InChI=1S/C22H18F3N3O2/c1-14-11-19(7-9-26-14)30-18-5-6-20-15(12-18)8-10-28(20)21(29)27-17-4-2-3-16(13-17)22(23,24)25/h2-7,9,11-13H,8,10H2,1H3,(H,27,29). The first kappa shape index (κ1) is 19.8. The molecule has 0 spiro atoms. The van der Waals surface area contributed by atoms with Crippen LogP contribution in [0.5, 0.6) is 11.5 Å². The molecular weight excluding hydrogens is 395 g/mol. The summed E-state index contributed by atoms with van der Waals surface area (Å²) in [5.41, 5.74) is 1.76. The summed E-state index contributed by atoms with van der Waals surface area (Å²) in [5, 5.41) is 2.55. The maximum atomic E-state index is 12.9. The fourth-order valence-corrected chi connectivity index (χ4v) is 3.34. The molecule has 1 aliphatic rings. The number of carbonyl (C=O) groups is 1. The highest BCUT2D eigenvalue weighted by Crippen LogP contribution is 2.34. The van der Waals surface area contributed by atoms with Crippen LogP contribution in [0.2, 0.25) is 0 Å². The molecule has 0 bridgehead atoms. The van der Waals surface area contributed by atoms with Crippen LogP contribution in [0.4, 0.5) is 29.3 Å². The van der Waals surface area contributed by atoms with Crippen molar-refractivity contribution in [3.8, 4) is 11.5 Å². The lowest BCUT2D eigenvalue weighted by molar-refractivity contribution is -0.137. The van der Waals surface area contributed by atoms with Crippen LogP contribution in [0, 0.1) is 6.92 Å². The summed E-state index contributed by atoms with van der Waals surface area (Å²) >= 11 is 0. The van der Waals surface area contributed by atoms with E-state index in [1.54, 1.807) is 24.4 Å². The van der Waals surface area contributed by atoms with Crippen LogP contribution in [0.25, 0.3) is 0 Å². The summed E-state index contributed by atoms with van der Waals surface area (Å²) in [5.74, 6) is 1.30. The Kier molecular flexibility index (Phi) is 5.07. The van der Waals surface area contributed by atoms with E-state index in [2.05, 4.69) is 10.3 Å². The van der Waals surface area contributed by atoms with Gasteiger partial charge < -0.3 is 10.1 Å². The normalized spacial score (nSPS) is 13.1. The van der Waals surface area contributed by atoms with Crippen LogP contribution in [-0.2, 0) is 12.6 Å². The van der Waals surface area contributed by atoms with Crippen molar-refractivity contribution >= 4 is 17.4 Å². The van der Waals surface area contributed by atoms with Crippen LogP contribution in [0.3, 0.4) is 0 Å². The highest BCUT2D eigenvalue weighted by atomic mass is 19.4. The molecule has 4 rings (SSSR count). The highest BCUT2D eigenvalue weighted by Gasteiger charge is 2.31. The van der Waals surface area contributed by atoms with E-state index in [4.69, 9.17) is 4.74 Å². The number of carbonyl (C=O) groups excluding carboxylic acids is 1. The van der Waals surface area contributed by atoms with E-state index in [1.807, 2.05) is 19.1 Å². The van der Waals surface area contributed by atoms with Gasteiger partial charge in [-0.1, -0.05) is 6.07 Å². The number of anilines is 2. The number of hydrogen-bond donors (Lipinski definition) is 1. The Morgan fingerprint density at radius 2 is 1.90 bits per heavy atom.